The fourth-order valence-corrected chi connectivity index (χ4v) is 3.44. The average molecular weight is 376 g/mol. The van der Waals surface area contributed by atoms with Crippen LogP contribution in [0, 0.1) is 6.92 Å². The van der Waals surface area contributed by atoms with Crippen molar-refractivity contribution in [1.82, 2.24) is 10.3 Å². The molecule has 1 aromatic heterocycles. The van der Waals surface area contributed by atoms with E-state index in [0.717, 1.165) is 39.4 Å². The van der Waals surface area contributed by atoms with E-state index in [0.29, 0.717) is 26.3 Å². The SMILES string of the molecule is Cc1c(-c2ccc3c(c2)OCCO3)cccc1-c1ccc(CNCCO)cn1. The molecule has 0 fully saturated rings. The highest BCUT2D eigenvalue weighted by molar-refractivity contribution is 5.78. The van der Waals surface area contributed by atoms with Gasteiger partial charge in [-0.15, -0.1) is 0 Å². The Labute approximate surface area is 165 Å². The molecule has 3 aromatic rings. The second-order valence-electron chi connectivity index (χ2n) is 6.79. The second kappa shape index (κ2) is 8.42. The lowest BCUT2D eigenvalue weighted by atomic mass is 9.94. The van der Waals surface area contributed by atoms with Gasteiger partial charge in [-0.25, -0.2) is 0 Å². The first kappa shape index (κ1) is 18.5. The molecule has 0 aliphatic carbocycles. The van der Waals surface area contributed by atoms with Gasteiger partial charge in [0.1, 0.15) is 13.2 Å². The molecule has 0 saturated carbocycles. The molecule has 2 aromatic carbocycles. The zero-order chi connectivity index (χ0) is 19.3. The minimum absolute atomic E-state index is 0.136. The number of fused-ring (bicyclic) bond motifs is 1. The van der Waals surface area contributed by atoms with Crippen LogP contribution >= 0.6 is 0 Å². The summed E-state index contributed by atoms with van der Waals surface area (Å²) < 4.78 is 11.4. The number of hydrogen-bond donors (Lipinski definition) is 2. The van der Waals surface area contributed by atoms with Crippen LogP contribution in [0.5, 0.6) is 11.5 Å². The maximum absolute atomic E-state index is 8.86. The van der Waals surface area contributed by atoms with E-state index in [1.807, 2.05) is 24.4 Å². The molecule has 1 aliphatic rings. The van der Waals surface area contributed by atoms with Gasteiger partial charge in [0.15, 0.2) is 11.5 Å². The molecule has 1 aliphatic heterocycles. The predicted octanol–water partition coefficient (Wildman–Crippen LogP) is 3.58. The Hall–Kier alpha value is -2.89. The Balaban J connectivity index is 1.62. The van der Waals surface area contributed by atoms with Crippen molar-refractivity contribution >= 4 is 0 Å². The Morgan fingerprint density at radius 3 is 2.61 bits per heavy atom. The zero-order valence-corrected chi connectivity index (χ0v) is 15.9. The molecule has 144 valence electrons. The van der Waals surface area contributed by atoms with Crippen molar-refractivity contribution in [2.75, 3.05) is 26.4 Å². The first-order valence-corrected chi connectivity index (χ1v) is 9.53. The number of aromatic nitrogens is 1. The summed E-state index contributed by atoms with van der Waals surface area (Å²) in [7, 11) is 0. The van der Waals surface area contributed by atoms with Crippen molar-refractivity contribution in [2.24, 2.45) is 0 Å². The first-order valence-electron chi connectivity index (χ1n) is 9.53. The first-order chi connectivity index (χ1) is 13.8. The number of ether oxygens (including phenoxy) is 2. The van der Waals surface area contributed by atoms with Crippen LogP contribution in [0.4, 0.5) is 0 Å². The third kappa shape index (κ3) is 3.86. The van der Waals surface area contributed by atoms with E-state index in [9.17, 15) is 0 Å². The van der Waals surface area contributed by atoms with Crippen molar-refractivity contribution in [3.8, 4) is 33.9 Å². The lowest BCUT2D eigenvalue weighted by Crippen LogP contribution is -2.17. The molecule has 0 saturated heterocycles. The monoisotopic (exact) mass is 376 g/mol. The molecule has 2 heterocycles. The van der Waals surface area contributed by atoms with Crippen molar-refractivity contribution < 1.29 is 14.6 Å². The van der Waals surface area contributed by atoms with Gasteiger partial charge in [-0.05, 0) is 47.4 Å². The number of nitrogens with one attached hydrogen (secondary N) is 1. The van der Waals surface area contributed by atoms with Crippen molar-refractivity contribution in [3.63, 3.8) is 0 Å². The summed E-state index contributed by atoms with van der Waals surface area (Å²) in [5.74, 6) is 1.60. The highest BCUT2D eigenvalue weighted by atomic mass is 16.6. The van der Waals surface area contributed by atoms with Crippen LogP contribution in [-0.4, -0.2) is 36.5 Å². The second-order valence-corrected chi connectivity index (χ2v) is 6.79. The summed E-state index contributed by atoms with van der Waals surface area (Å²) in [6.07, 6.45) is 1.88. The molecule has 0 atom stereocenters. The lowest BCUT2D eigenvalue weighted by Gasteiger charge is -2.19. The quantitative estimate of drug-likeness (QED) is 0.644. The Bertz CT molecular complexity index is 955. The van der Waals surface area contributed by atoms with Crippen molar-refractivity contribution in [2.45, 2.75) is 13.5 Å². The Morgan fingerprint density at radius 2 is 1.82 bits per heavy atom. The zero-order valence-electron chi connectivity index (χ0n) is 15.9. The number of nitrogens with zero attached hydrogens (tertiary/aromatic N) is 1. The molecule has 0 unspecified atom stereocenters. The van der Waals surface area contributed by atoms with Crippen LogP contribution in [-0.2, 0) is 6.54 Å². The van der Waals surface area contributed by atoms with E-state index in [-0.39, 0.29) is 6.61 Å². The topological polar surface area (TPSA) is 63.6 Å². The number of benzene rings is 2. The van der Waals surface area contributed by atoms with E-state index >= 15 is 0 Å². The minimum Gasteiger partial charge on any atom is -0.486 e. The molecule has 5 heteroatoms. The van der Waals surface area contributed by atoms with Gasteiger partial charge in [-0.1, -0.05) is 30.3 Å². The third-order valence-corrected chi connectivity index (χ3v) is 4.91. The van der Waals surface area contributed by atoms with Gasteiger partial charge >= 0.3 is 0 Å². The summed E-state index contributed by atoms with van der Waals surface area (Å²) in [4.78, 5) is 4.65. The maximum atomic E-state index is 8.86. The van der Waals surface area contributed by atoms with Gasteiger partial charge in [0.2, 0.25) is 0 Å². The van der Waals surface area contributed by atoms with Crippen LogP contribution in [0.2, 0.25) is 0 Å². The predicted molar refractivity (Wildman–Crippen MR) is 110 cm³/mol. The molecule has 5 nitrogen and oxygen atoms in total. The molecule has 0 bridgehead atoms. The number of pyridine rings is 1. The number of hydrogen-bond acceptors (Lipinski definition) is 5. The van der Waals surface area contributed by atoms with Crippen LogP contribution in [0.15, 0.2) is 54.7 Å². The Kier molecular flexibility index (Phi) is 5.55. The van der Waals surface area contributed by atoms with Gasteiger partial charge in [0, 0.05) is 24.8 Å². The van der Waals surface area contributed by atoms with Crippen LogP contribution in [0.3, 0.4) is 0 Å². The number of rotatable bonds is 6. The highest BCUT2D eigenvalue weighted by Gasteiger charge is 2.14. The van der Waals surface area contributed by atoms with Gasteiger partial charge in [0.05, 0.1) is 12.3 Å². The minimum atomic E-state index is 0.136. The van der Waals surface area contributed by atoms with Gasteiger partial charge in [0.25, 0.3) is 0 Å². The van der Waals surface area contributed by atoms with Gasteiger partial charge in [-0.2, -0.15) is 0 Å². The lowest BCUT2D eigenvalue weighted by molar-refractivity contribution is 0.171. The molecule has 0 amide bonds. The third-order valence-electron chi connectivity index (χ3n) is 4.91. The summed E-state index contributed by atoms with van der Waals surface area (Å²) in [6, 6.07) is 16.5. The Morgan fingerprint density at radius 1 is 1.00 bits per heavy atom. The van der Waals surface area contributed by atoms with Crippen LogP contribution in [0.25, 0.3) is 22.4 Å². The summed E-state index contributed by atoms with van der Waals surface area (Å²) >= 11 is 0. The maximum Gasteiger partial charge on any atom is 0.161 e. The summed E-state index contributed by atoms with van der Waals surface area (Å²) in [5, 5.41) is 12.0. The van der Waals surface area contributed by atoms with E-state index in [1.165, 1.54) is 5.56 Å². The normalized spacial score (nSPS) is 12.8. The largest absolute Gasteiger partial charge is 0.486 e. The van der Waals surface area contributed by atoms with Gasteiger partial charge in [-0.3, -0.25) is 4.98 Å². The molecule has 0 spiro atoms. The smallest absolute Gasteiger partial charge is 0.161 e. The van der Waals surface area contributed by atoms with Gasteiger partial charge < -0.3 is 19.9 Å². The molecule has 0 radical (unpaired) electrons. The van der Waals surface area contributed by atoms with E-state index in [2.05, 4.69) is 47.6 Å². The van der Waals surface area contributed by atoms with E-state index < -0.39 is 0 Å². The molecule has 4 rings (SSSR count). The molecular weight excluding hydrogens is 352 g/mol. The average Bonchev–Trinajstić information content (AvgIpc) is 2.74. The fraction of sp³-hybridized carbons (Fsp3) is 0.261. The van der Waals surface area contributed by atoms with E-state index in [4.69, 9.17) is 14.6 Å². The number of aliphatic hydroxyl groups is 1. The van der Waals surface area contributed by atoms with Crippen LogP contribution in [0.1, 0.15) is 11.1 Å². The fourth-order valence-electron chi connectivity index (χ4n) is 3.44. The van der Waals surface area contributed by atoms with Crippen molar-refractivity contribution in [3.05, 3.63) is 65.9 Å². The molecular formula is C23H24N2O3. The van der Waals surface area contributed by atoms with Crippen molar-refractivity contribution in [1.29, 1.82) is 0 Å². The highest BCUT2D eigenvalue weighted by Crippen LogP contribution is 2.37. The molecule has 2 N–H and O–H groups in total. The van der Waals surface area contributed by atoms with Crippen LogP contribution < -0.4 is 14.8 Å². The summed E-state index contributed by atoms with van der Waals surface area (Å²) in [5.41, 5.74) is 6.60. The summed E-state index contributed by atoms with van der Waals surface area (Å²) in [6.45, 7) is 4.72. The number of aliphatic hydroxyl groups excluding tert-OH is 1. The molecule has 28 heavy (non-hydrogen) atoms. The standard InChI is InChI=1S/C23H24N2O3/c1-16-19(18-6-8-22-23(13-18)28-12-11-27-22)3-2-4-20(16)21-7-5-17(15-25-21)14-24-9-10-26/h2-8,13,15,24,26H,9-12,14H2,1H3. The van der Waals surface area contributed by atoms with E-state index in [1.54, 1.807) is 0 Å².